The van der Waals surface area contributed by atoms with Crippen molar-refractivity contribution in [2.24, 2.45) is 23.2 Å². The third-order valence-electron chi connectivity index (χ3n) is 10.8. The maximum atomic E-state index is 14.3. The highest BCUT2D eigenvalue weighted by molar-refractivity contribution is 14.1. The van der Waals surface area contributed by atoms with Gasteiger partial charge in [-0.25, -0.2) is 0 Å². The summed E-state index contributed by atoms with van der Waals surface area (Å²) in [7, 11) is 1.52. The Bertz CT molecular complexity index is 1220. The molecule has 4 bridgehead atoms. The number of hydrogen-bond acceptors (Lipinski definition) is 7. The summed E-state index contributed by atoms with van der Waals surface area (Å²) in [6.07, 6.45) is 12.8. The van der Waals surface area contributed by atoms with Crippen molar-refractivity contribution in [3.8, 4) is 11.5 Å². The van der Waals surface area contributed by atoms with E-state index in [2.05, 4.69) is 34.8 Å². The second kappa shape index (κ2) is 16.0. The Labute approximate surface area is 287 Å². The number of carbonyl (C=O) groups is 2. The molecule has 5 aliphatic rings. The summed E-state index contributed by atoms with van der Waals surface area (Å²) in [5.74, 6) is 2.71. The molecule has 0 heterocycles. The van der Waals surface area contributed by atoms with E-state index in [1.54, 1.807) is 18.2 Å². The van der Waals surface area contributed by atoms with Gasteiger partial charge in [-0.3, -0.25) is 9.59 Å². The molecule has 10 heteroatoms. The van der Waals surface area contributed by atoms with Crippen LogP contribution in [0.15, 0.2) is 23.8 Å². The number of aliphatic hydroxyl groups excluding tert-OH is 3. The van der Waals surface area contributed by atoms with Crippen LogP contribution in [-0.4, -0.2) is 77.1 Å². The first kappa shape index (κ1) is 35.4. The molecule has 0 saturated heterocycles. The molecule has 0 aliphatic heterocycles. The summed E-state index contributed by atoms with van der Waals surface area (Å²) in [6.45, 7) is 2.55. The first-order chi connectivity index (χ1) is 22.2. The Morgan fingerprint density at radius 3 is 2.33 bits per heavy atom. The zero-order valence-corrected chi connectivity index (χ0v) is 29.7. The maximum absolute atomic E-state index is 14.3. The fraction of sp³-hybridized carbons (Fsp3) is 0.722. The standard InChI is InChI=1S/C36H53IN2O7/c1-3-4-5-6-7-8-32(42)39(22-36-18-23-11-24(19-36)13-25(12-23)20-36)29-16-27(35(44)38-9-10-40)17-30(33(29)43)46-34-28(37)14-26(21-41)15-31(34)45-2/h14-15,17,23-25,29-30,33,40-41,43H,3-13,16,18-22H2,1-2H3,(H,38,44). The third-order valence-corrected chi connectivity index (χ3v) is 11.6. The highest BCUT2D eigenvalue weighted by Gasteiger charge is 2.53. The highest BCUT2D eigenvalue weighted by Crippen LogP contribution is 2.60. The van der Waals surface area contributed by atoms with E-state index >= 15 is 0 Å². The minimum absolute atomic E-state index is 0.0477. The van der Waals surface area contributed by atoms with Crippen LogP contribution < -0.4 is 14.8 Å². The molecule has 1 aromatic rings. The van der Waals surface area contributed by atoms with Crippen molar-refractivity contribution in [2.45, 2.75) is 115 Å². The number of carbonyl (C=O) groups excluding carboxylic acids is 2. The molecule has 0 spiro atoms. The van der Waals surface area contributed by atoms with Gasteiger partial charge in [-0.2, -0.15) is 0 Å². The zero-order valence-electron chi connectivity index (χ0n) is 27.5. The van der Waals surface area contributed by atoms with Gasteiger partial charge in [0.05, 0.1) is 29.9 Å². The number of rotatable bonds is 16. The summed E-state index contributed by atoms with van der Waals surface area (Å²) in [5, 5.41) is 34.0. The van der Waals surface area contributed by atoms with Crippen molar-refractivity contribution >= 4 is 34.4 Å². The average Bonchev–Trinajstić information content (AvgIpc) is 3.03. The van der Waals surface area contributed by atoms with Crippen molar-refractivity contribution in [2.75, 3.05) is 26.8 Å². The lowest BCUT2D eigenvalue weighted by Crippen LogP contribution is -2.59. The molecule has 3 unspecified atom stereocenters. The van der Waals surface area contributed by atoms with Crippen molar-refractivity contribution < 1.29 is 34.4 Å². The Morgan fingerprint density at radius 1 is 1.04 bits per heavy atom. The van der Waals surface area contributed by atoms with Crippen LogP contribution in [0.4, 0.5) is 0 Å². The number of nitrogens with zero attached hydrogens (tertiary/aromatic N) is 1. The van der Waals surface area contributed by atoms with Gasteiger partial charge in [-0.05, 0) is 114 Å². The van der Waals surface area contributed by atoms with Gasteiger partial charge in [0.15, 0.2) is 11.5 Å². The van der Waals surface area contributed by atoms with Gasteiger partial charge in [0.2, 0.25) is 11.8 Å². The molecule has 4 fully saturated rings. The van der Waals surface area contributed by atoms with Gasteiger partial charge in [0, 0.05) is 31.5 Å². The van der Waals surface area contributed by atoms with Crippen LogP contribution in [0.25, 0.3) is 0 Å². The van der Waals surface area contributed by atoms with E-state index in [4.69, 9.17) is 9.47 Å². The largest absolute Gasteiger partial charge is 0.493 e. The number of amides is 2. The monoisotopic (exact) mass is 752 g/mol. The molecule has 46 heavy (non-hydrogen) atoms. The van der Waals surface area contributed by atoms with Gasteiger partial charge in [-0.15, -0.1) is 0 Å². The van der Waals surface area contributed by atoms with E-state index in [0.717, 1.165) is 69.1 Å². The van der Waals surface area contributed by atoms with Gasteiger partial charge < -0.3 is 35.0 Å². The van der Waals surface area contributed by atoms with Crippen LogP contribution in [0.1, 0.15) is 96.0 Å². The van der Waals surface area contributed by atoms with E-state index in [0.29, 0.717) is 39.2 Å². The van der Waals surface area contributed by atoms with Crippen molar-refractivity contribution in [1.82, 2.24) is 10.2 Å². The van der Waals surface area contributed by atoms with Crippen molar-refractivity contribution in [1.29, 1.82) is 0 Å². The smallest absolute Gasteiger partial charge is 0.247 e. The summed E-state index contributed by atoms with van der Waals surface area (Å²) < 4.78 is 12.8. The highest BCUT2D eigenvalue weighted by atomic mass is 127. The maximum Gasteiger partial charge on any atom is 0.247 e. The summed E-state index contributed by atoms with van der Waals surface area (Å²) >= 11 is 2.12. The Hall–Kier alpha value is -1.89. The predicted octanol–water partition coefficient (Wildman–Crippen LogP) is 5.11. The van der Waals surface area contributed by atoms with E-state index in [1.165, 1.54) is 26.4 Å². The molecular weight excluding hydrogens is 699 g/mol. The van der Waals surface area contributed by atoms with E-state index < -0.39 is 18.2 Å². The second-order valence-electron chi connectivity index (χ2n) is 14.4. The van der Waals surface area contributed by atoms with Crippen LogP contribution in [0, 0.1) is 26.7 Å². The number of nitrogens with one attached hydrogen (secondary N) is 1. The molecule has 2 amide bonds. The number of hydrogen-bond donors (Lipinski definition) is 4. The average molecular weight is 753 g/mol. The number of benzene rings is 1. The first-order valence-corrected chi connectivity index (χ1v) is 18.5. The lowest BCUT2D eigenvalue weighted by Gasteiger charge is -2.58. The SMILES string of the molecule is CCCCCCCC(=O)N(CC12CC3CC(CC(C3)C1)C2)C1CC(C(=O)NCCO)=CC(Oc2c(I)cc(CO)cc2OC)C1O. The fourth-order valence-corrected chi connectivity index (χ4v) is 9.95. The van der Waals surface area contributed by atoms with Crippen LogP contribution in [0.3, 0.4) is 0 Å². The molecule has 6 rings (SSSR count). The van der Waals surface area contributed by atoms with Crippen LogP contribution in [0.5, 0.6) is 11.5 Å². The van der Waals surface area contributed by atoms with Crippen LogP contribution >= 0.6 is 22.6 Å². The molecule has 1 aromatic carbocycles. The molecule has 9 nitrogen and oxygen atoms in total. The topological polar surface area (TPSA) is 129 Å². The Balaban J connectivity index is 1.46. The molecule has 0 radical (unpaired) electrons. The number of halogens is 1. The summed E-state index contributed by atoms with van der Waals surface area (Å²) in [4.78, 5) is 29.6. The van der Waals surface area contributed by atoms with Crippen LogP contribution in [0.2, 0.25) is 0 Å². The molecule has 256 valence electrons. The molecule has 3 atom stereocenters. The van der Waals surface area contributed by atoms with Gasteiger partial charge in [0.1, 0.15) is 12.2 Å². The summed E-state index contributed by atoms with van der Waals surface area (Å²) in [6, 6.07) is 2.86. The predicted molar refractivity (Wildman–Crippen MR) is 184 cm³/mol. The van der Waals surface area contributed by atoms with E-state index in [-0.39, 0.29) is 43.4 Å². The number of aliphatic hydroxyl groups is 3. The molecular formula is C36H53IN2O7. The summed E-state index contributed by atoms with van der Waals surface area (Å²) in [5.41, 5.74) is 1.16. The lowest BCUT2D eigenvalue weighted by atomic mass is 9.49. The van der Waals surface area contributed by atoms with Gasteiger partial charge in [-0.1, -0.05) is 32.6 Å². The van der Waals surface area contributed by atoms with Crippen LogP contribution in [-0.2, 0) is 16.2 Å². The van der Waals surface area contributed by atoms with Crippen molar-refractivity contribution in [3.05, 3.63) is 32.9 Å². The lowest BCUT2D eigenvalue weighted by molar-refractivity contribution is -0.147. The minimum Gasteiger partial charge on any atom is -0.493 e. The molecule has 5 aliphatic carbocycles. The first-order valence-electron chi connectivity index (χ1n) is 17.4. The zero-order chi connectivity index (χ0) is 32.8. The minimum atomic E-state index is -1.08. The van der Waals surface area contributed by atoms with E-state index in [9.17, 15) is 24.9 Å². The molecule has 0 aromatic heterocycles. The quantitative estimate of drug-likeness (QED) is 0.137. The van der Waals surface area contributed by atoms with Crippen molar-refractivity contribution in [3.63, 3.8) is 0 Å². The second-order valence-corrected chi connectivity index (χ2v) is 15.5. The Kier molecular flexibility index (Phi) is 12.3. The molecule has 4 saturated carbocycles. The Morgan fingerprint density at radius 2 is 1.72 bits per heavy atom. The third kappa shape index (κ3) is 8.21. The van der Waals surface area contributed by atoms with E-state index in [1.807, 2.05) is 4.90 Å². The van der Waals surface area contributed by atoms with Gasteiger partial charge in [0.25, 0.3) is 0 Å². The normalized spacial score (nSPS) is 29.7. The fourth-order valence-electron chi connectivity index (χ4n) is 9.15. The number of unbranched alkanes of at least 4 members (excludes halogenated alkanes) is 4. The number of methoxy groups -OCH3 is 1. The molecule has 4 N–H and O–H groups in total. The van der Waals surface area contributed by atoms with Gasteiger partial charge >= 0.3 is 0 Å². The number of ether oxygens (including phenoxy) is 2.